The van der Waals surface area contributed by atoms with E-state index >= 15 is 0 Å². The quantitative estimate of drug-likeness (QED) is 0.729. The minimum atomic E-state index is 0.982. The van der Waals surface area contributed by atoms with Crippen molar-refractivity contribution in [2.24, 2.45) is 0 Å². The Morgan fingerprint density at radius 1 is 1.33 bits per heavy atom. The Morgan fingerprint density at radius 3 is 2.87 bits per heavy atom. The summed E-state index contributed by atoms with van der Waals surface area (Å²) >= 11 is 0. The molecule has 1 heterocycles. The molecule has 0 saturated carbocycles. The summed E-state index contributed by atoms with van der Waals surface area (Å²) in [5.41, 5.74) is 5.00. The minimum absolute atomic E-state index is 0.982. The predicted molar refractivity (Wildman–Crippen MR) is 64.4 cm³/mol. The summed E-state index contributed by atoms with van der Waals surface area (Å²) in [5, 5.41) is 0. The van der Waals surface area contributed by atoms with Crippen molar-refractivity contribution >= 4 is 11.6 Å². The van der Waals surface area contributed by atoms with Crippen molar-refractivity contribution in [3.63, 3.8) is 0 Å². The molecule has 1 aromatic rings. The van der Waals surface area contributed by atoms with Gasteiger partial charge in [-0.05, 0) is 32.7 Å². The molecule has 2 heteroatoms. The molecular weight excluding hydrogens is 184 g/mol. The van der Waals surface area contributed by atoms with Gasteiger partial charge in [0, 0.05) is 23.9 Å². The minimum Gasteiger partial charge on any atom is -0.305 e. The lowest BCUT2D eigenvalue weighted by atomic mass is 10.1. The van der Waals surface area contributed by atoms with Gasteiger partial charge in [-0.2, -0.15) is 0 Å². The Morgan fingerprint density at radius 2 is 2.13 bits per heavy atom. The van der Waals surface area contributed by atoms with Crippen LogP contribution in [0.4, 0.5) is 0 Å². The molecule has 0 amide bonds. The number of pyridine rings is 1. The number of hydrogen-bond acceptors (Lipinski definition) is 2. The normalized spacial score (nSPS) is 17.1. The van der Waals surface area contributed by atoms with Gasteiger partial charge in [0.25, 0.3) is 0 Å². The van der Waals surface area contributed by atoms with Crippen LogP contribution in [0.5, 0.6) is 0 Å². The fraction of sp³-hybridized carbons (Fsp3) is 0.308. The van der Waals surface area contributed by atoms with Crippen LogP contribution in [-0.4, -0.2) is 30.5 Å². The van der Waals surface area contributed by atoms with Gasteiger partial charge in [0.15, 0.2) is 0 Å². The Balaban J connectivity index is 2.38. The third-order valence-electron chi connectivity index (χ3n) is 2.54. The van der Waals surface area contributed by atoms with Crippen LogP contribution in [0, 0.1) is 0 Å². The fourth-order valence-corrected chi connectivity index (χ4v) is 1.93. The maximum Gasteiger partial charge on any atom is 0.0774 e. The molecule has 0 unspecified atom stereocenters. The maximum atomic E-state index is 4.43. The second-order valence-corrected chi connectivity index (χ2v) is 4.21. The van der Waals surface area contributed by atoms with Gasteiger partial charge in [0.1, 0.15) is 0 Å². The molecule has 1 aromatic heterocycles. The van der Waals surface area contributed by atoms with Gasteiger partial charge in [0.2, 0.25) is 0 Å². The molecule has 0 spiro atoms. The Labute approximate surface area is 90.9 Å². The topological polar surface area (TPSA) is 16.1 Å². The molecule has 0 radical (unpaired) electrons. The summed E-state index contributed by atoms with van der Waals surface area (Å²) in [6, 6.07) is 4.09. The van der Waals surface area contributed by atoms with Crippen LogP contribution in [0.1, 0.15) is 18.2 Å². The highest BCUT2D eigenvalue weighted by molar-refractivity contribution is 5.89. The summed E-state index contributed by atoms with van der Waals surface area (Å²) in [4.78, 5) is 6.61. The monoisotopic (exact) mass is 200 g/mol. The summed E-state index contributed by atoms with van der Waals surface area (Å²) in [6.07, 6.45) is 6.15. The van der Waals surface area contributed by atoms with Crippen molar-refractivity contribution in [3.8, 4) is 0 Å². The van der Waals surface area contributed by atoms with Crippen molar-refractivity contribution in [2.45, 2.75) is 6.92 Å². The van der Waals surface area contributed by atoms with E-state index in [0.29, 0.717) is 0 Å². The van der Waals surface area contributed by atoms with Crippen molar-refractivity contribution in [1.82, 2.24) is 9.88 Å². The van der Waals surface area contributed by atoms with E-state index in [1.54, 1.807) is 0 Å². The highest BCUT2D eigenvalue weighted by Gasteiger charge is 2.13. The maximum absolute atomic E-state index is 4.43. The summed E-state index contributed by atoms with van der Waals surface area (Å²) < 4.78 is 0. The molecule has 2 nitrogen and oxygen atoms in total. The number of nitrogens with zero attached hydrogens (tertiary/aromatic N) is 2. The molecule has 78 valence electrons. The zero-order chi connectivity index (χ0) is 10.8. The average molecular weight is 200 g/mol. The Bertz CT molecular complexity index is 428. The first-order valence-electron chi connectivity index (χ1n) is 5.16. The van der Waals surface area contributed by atoms with Gasteiger partial charge in [0.05, 0.1) is 5.69 Å². The first-order valence-corrected chi connectivity index (χ1v) is 5.16. The molecule has 0 bridgehead atoms. The third-order valence-corrected chi connectivity index (χ3v) is 2.54. The van der Waals surface area contributed by atoms with E-state index < -0.39 is 0 Å². The van der Waals surface area contributed by atoms with Crippen LogP contribution in [-0.2, 0) is 0 Å². The van der Waals surface area contributed by atoms with Crippen molar-refractivity contribution < 1.29 is 0 Å². The van der Waals surface area contributed by atoms with E-state index in [0.717, 1.165) is 12.2 Å². The van der Waals surface area contributed by atoms with E-state index in [9.17, 15) is 0 Å². The van der Waals surface area contributed by atoms with E-state index in [1.807, 2.05) is 12.3 Å². The van der Waals surface area contributed by atoms with Gasteiger partial charge in [-0.3, -0.25) is 4.98 Å². The molecule has 0 N–H and O–H groups in total. The number of hydrogen-bond donors (Lipinski definition) is 0. The van der Waals surface area contributed by atoms with Crippen molar-refractivity contribution in [1.29, 1.82) is 0 Å². The number of fused-ring (bicyclic) bond motifs is 1. The second kappa shape index (κ2) is 3.99. The molecule has 1 aliphatic rings. The van der Waals surface area contributed by atoms with E-state index in [1.165, 1.54) is 16.7 Å². The lowest BCUT2D eigenvalue weighted by Crippen LogP contribution is -2.14. The van der Waals surface area contributed by atoms with Crippen LogP contribution in [0.25, 0.3) is 11.6 Å². The van der Waals surface area contributed by atoms with Crippen LogP contribution in [0.2, 0.25) is 0 Å². The highest BCUT2D eigenvalue weighted by atomic mass is 15.0. The molecule has 15 heavy (non-hydrogen) atoms. The largest absolute Gasteiger partial charge is 0.305 e. The first kappa shape index (κ1) is 10.1. The van der Waals surface area contributed by atoms with Crippen LogP contribution in [0.3, 0.4) is 0 Å². The number of likely N-dealkylation sites (N-methyl/N-ethyl adjacent to an activating group) is 1. The predicted octanol–water partition coefficient (Wildman–Crippen LogP) is 2.44. The molecule has 2 rings (SSSR count). The van der Waals surface area contributed by atoms with Crippen LogP contribution >= 0.6 is 0 Å². The van der Waals surface area contributed by atoms with Crippen molar-refractivity contribution in [2.75, 3.05) is 20.6 Å². The van der Waals surface area contributed by atoms with E-state index in [2.05, 4.69) is 49.1 Å². The van der Waals surface area contributed by atoms with Crippen molar-refractivity contribution in [3.05, 3.63) is 41.2 Å². The summed E-state index contributed by atoms with van der Waals surface area (Å²) in [6.45, 7) is 3.15. The second-order valence-electron chi connectivity index (χ2n) is 4.21. The number of allylic oxidation sites excluding steroid dienone is 2. The summed E-state index contributed by atoms with van der Waals surface area (Å²) in [5.74, 6) is 0. The first-order chi connectivity index (χ1) is 7.18. The van der Waals surface area contributed by atoms with Gasteiger partial charge in [-0.25, -0.2) is 0 Å². The molecule has 0 aliphatic heterocycles. The molecular formula is C13H16N2. The molecule has 0 atom stereocenters. The number of aromatic nitrogens is 1. The summed E-state index contributed by atoms with van der Waals surface area (Å²) in [7, 11) is 4.17. The van der Waals surface area contributed by atoms with E-state index in [4.69, 9.17) is 0 Å². The SMILES string of the molecule is C/C(CN(C)C)=C1/C=Cc2cccnc21. The van der Waals surface area contributed by atoms with Crippen LogP contribution in [0.15, 0.2) is 30.0 Å². The molecule has 0 saturated heterocycles. The molecule has 0 aromatic carbocycles. The molecule has 1 aliphatic carbocycles. The fourth-order valence-electron chi connectivity index (χ4n) is 1.93. The zero-order valence-electron chi connectivity index (χ0n) is 9.49. The van der Waals surface area contributed by atoms with Gasteiger partial charge in [-0.15, -0.1) is 0 Å². The Hall–Kier alpha value is -1.41. The van der Waals surface area contributed by atoms with Gasteiger partial charge in [-0.1, -0.05) is 18.2 Å². The third kappa shape index (κ3) is 2.00. The Kier molecular flexibility index (Phi) is 2.69. The highest BCUT2D eigenvalue weighted by Crippen LogP contribution is 2.29. The lowest BCUT2D eigenvalue weighted by Gasteiger charge is -2.12. The van der Waals surface area contributed by atoms with E-state index in [-0.39, 0.29) is 0 Å². The smallest absolute Gasteiger partial charge is 0.0774 e. The zero-order valence-corrected chi connectivity index (χ0v) is 9.49. The standard InChI is InChI=1S/C13H16N2/c1-10(9-15(2)3)12-7-6-11-5-4-8-14-13(11)12/h4-8H,9H2,1-3H3/b12-10+. The molecule has 0 fully saturated rings. The lowest BCUT2D eigenvalue weighted by molar-refractivity contribution is 0.446. The number of rotatable bonds is 2. The van der Waals surface area contributed by atoms with Gasteiger partial charge >= 0.3 is 0 Å². The van der Waals surface area contributed by atoms with Crippen LogP contribution < -0.4 is 0 Å². The van der Waals surface area contributed by atoms with Gasteiger partial charge < -0.3 is 4.90 Å². The average Bonchev–Trinajstić information content (AvgIpc) is 2.59.